The Bertz CT molecular complexity index is 1170. The zero-order chi connectivity index (χ0) is 27.5. The molecule has 2 N–H and O–H groups in total. The molecule has 1 aromatic heterocycles. The van der Waals surface area contributed by atoms with E-state index in [-0.39, 0.29) is 29.4 Å². The van der Waals surface area contributed by atoms with Gasteiger partial charge in [0.15, 0.2) is 0 Å². The summed E-state index contributed by atoms with van der Waals surface area (Å²) >= 11 is 14.6. The van der Waals surface area contributed by atoms with Crippen molar-refractivity contribution in [3.05, 3.63) is 78.7 Å². The summed E-state index contributed by atoms with van der Waals surface area (Å²) < 4.78 is 21.9. The molecule has 1 aliphatic rings. The largest absolute Gasteiger partial charge is 0.466 e. The Morgan fingerprint density at radius 3 is 2.55 bits per heavy atom. The van der Waals surface area contributed by atoms with E-state index in [0.717, 1.165) is 13.1 Å². The van der Waals surface area contributed by atoms with Crippen LogP contribution in [0.25, 0.3) is 0 Å². The van der Waals surface area contributed by atoms with Gasteiger partial charge in [0.1, 0.15) is 0 Å². The molecule has 1 aliphatic heterocycles. The van der Waals surface area contributed by atoms with Crippen LogP contribution in [0.4, 0.5) is 0 Å². The summed E-state index contributed by atoms with van der Waals surface area (Å²) in [5.41, 5.74) is 1.91. The maximum atomic E-state index is 13.2. The molecule has 1 atom stereocenters. The van der Waals surface area contributed by atoms with Crippen LogP contribution in [0.1, 0.15) is 30.2 Å². The smallest absolute Gasteiger partial charge is 0.336 e. The summed E-state index contributed by atoms with van der Waals surface area (Å²) in [5.74, 6) is -2.06. The Morgan fingerprint density at radius 2 is 1.84 bits per heavy atom. The highest BCUT2D eigenvalue weighted by Crippen LogP contribution is 2.43. The second kappa shape index (κ2) is 15.3. The van der Waals surface area contributed by atoms with Gasteiger partial charge in [0.25, 0.3) is 0 Å². The van der Waals surface area contributed by atoms with Crippen molar-refractivity contribution >= 4 is 46.5 Å². The fraction of sp³-hybridized carbons (Fsp3) is 0.407. The maximum Gasteiger partial charge on any atom is 0.336 e. The molecule has 0 amide bonds. The van der Waals surface area contributed by atoms with Gasteiger partial charge in [-0.05, 0) is 36.9 Å². The van der Waals surface area contributed by atoms with E-state index in [4.69, 9.17) is 42.1 Å². The van der Waals surface area contributed by atoms with Gasteiger partial charge in [0.2, 0.25) is 0 Å². The summed E-state index contributed by atoms with van der Waals surface area (Å²) in [6.07, 6.45) is 0. The zero-order valence-electron chi connectivity index (χ0n) is 21.6. The Labute approximate surface area is 236 Å². The topological polar surface area (TPSA) is 95.1 Å². The Morgan fingerprint density at radius 1 is 1.05 bits per heavy atom. The van der Waals surface area contributed by atoms with Gasteiger partial charge in [0.05, 0.1) is 73.0 Å². The molecular formula is C27H32Cl2N2O6S. The number of carbonyl (C=O) groups excluding carboxylic acids is 2. The van der Waals surface area contributed by atoms with Gasteiger partial charge in [-0.15, -0.1) is 11.3 Å². The highest BCUT2D eigenvalue weighted by molar-refractivity contribution is 7.09. The van der Waals surface area contributed by atoms with E-state index in [1.165, 1.54) is 12.0 Å². The molecular weight excluding hydrogens is 551 g/mol. The highest BCUT2D eigenvalue weighted by atomic mass is 35.5. The highest BCUT2D eigenvalue weighted by Gasteiger charge is 2.40. The number of hydrogen-bond acceptors (Lipinski definition) is 9. The van der Waals surface area contributed by atoms with E-state index in [9.17, 15) is 9.59 Å². The molecule has 1 aromatic carbocycles. The van der Waals surface area contributed by atoms with Gasteiger partial charge < -0.3 is 29.6 Å². The number of ether oxygens (including phenoxy) is 4. The van der Waals surface area contributed by atoms with Gasteiger partial charge in [-0.25, -0.2) is 9.59 Å². The van der Waals surface area contributed by atoms with Crippen molar-refractivity contribution in [1.29, 1.82) is 0 Å². The second-order valence-electron chi connectivity index (χ2n) is 8.27. The van der Waals surface area contributed by atoms with Crippen LogP contribution in [-0.2, 0) is 35.1 Å². The summed E-state index contributed by atoms with van der Waals surface area (Å²) in [5, 5.41) is 9.05. The van der Waals surface area contributed by atoms with E-state index in [1.807, 2.05) is 11.4 Å². The number of benzene rings is 1. The van der Waals surface area contributed by atoms with E-state index in [0.29, 0.717) is 41.8 Å². The zero-order valence-corrected chi connectivity index (χ0v) is 23.9. The van der Waals surface area contributed by atoms with Gasteiger partial charge in [-0.1, -0.05) is 41.4 Å². The third kappa shape index (κ3) is 7.81. The number of dihydropyridines is 1. The second-order valence-corrected chi connectivity index (χ2v) is 10.1. The van der Waals surface area contributed by atoms with Crippen LogP contribution in [0.3, 0.4) is 0 Å². The first-order valence-corrected chi connectivity index (χ1v) is 13.8. The van der Waals surface area contributed by atoms with Crippen molar-refractivity contribution in [3.63, 3.8) is 0 Å². The third-order valence-electron chi connectivity index (χ3n) is 5.76. The van der Waals surface area contributed by atoms with Crippen LogP contribution in [0.2, 0.25) is 10.0 Å². The summed E-state index contributed by atoms with van der Waals surface area (Å²) in [7, 11) is 1.28. The first-order valence-electron chi connectivity index (χ1n) is 12.2. The van der Waals surface area contributed by atoms with Crippen molar-refractivity contribution in [2.24, 2.45) is 0 Å². The molecule has 0 spiro atoms. The molecule has 0 aliphatic carbocycles. The SMILES string of the molecule is CCOC(=O)C1=C(COCCOCCNCc2cccs2)NC(C)=C(C(=O)OC)C1c1cccc(Cl)c1Cl. The van der Waals surface area contributed by atoms with E-state index < -0.39 is 17.9 Å². The van der Waals surface area contributed by atoms with Crippen molar-refractivity contribution in [2.45, 2.75) is 26.3 Å². The molecule has 0 saturated carbocycles. The fourth-order valence-corrected chi connectivity index (χ4v) is 5.15. The summed E-state index contributed by atoms with van der Waals surface area (Å²) in [6, 6.07) is 9.18. The monoisotopic (exact) mass is 582 g/mol. The van der Waals surface area contributed by atoms with E-state index in [2.05, 4.69) is 16.7 Å². The minimum absolute atomic E-state index is 0.0641. The number of thiophene rings is 1. The fourth-order valence-electron chi connectivity index (χ4n) is 4.06. The predicted octanol–water partition coefficient (Wildman–Crippen LogP) is 4.83. The number of esters is 2. The molecule has 0 radical (unpaired) electrons. The van der Waals surface area contributed by atoms with Crippen molar-refractivity contribution < 1.29 is 28.5 Å². The predicted molar refractivity (Wildman–Crippen MR) is 148 cm³/mol. The van der Waals surface area contributed by atoms with Gasteiger partial charge in [0, 0.05) is 23.7 Å². The summed E-state index contributed by atoms with van der Waals surface area (Å²) in [4.78, 5) is 27.3. The Kier molecular flexibility index (Phi) is 12.1. The summed E-state index contributed by atoms with van der Waals surface area (Å²) in [6.45, 7) is 6.42. The number of hydrogen-bond donors (Lipinski definition) is 2. The molecule has 2 aromatic rings. The van der Waals surface area contributed by atoms with Crippen LogP contribution in [0.15, 0.2) is 58.3 Å². The minimum Gasteiger partial charge on any atom is -0.466 e. The lowest BCUT2D eigenvalue weighted by Crippen LogP contribution is -2.35. The standard InChI is InChI=1S/C27H32Cl2N2O6S/c1-4-37-27(33)24-21(16-36-13-12-35-11-10-30-15-18-7-6-14-38-18)31-17(2)22(26(32)34-3)23(24)19-8-5-9-20(28)25(19)29/h5-9,14,23,30-31H,4,10-13,15-16H2,1-3H3. The van der Waals surface area contributed by atoms with Gasteiger partial charge >= 0.3 is 11.9 Å². The normalized spacial score (nSPS) is 15.4. The molecule has 38 heavy (non-hydrogen) atoms. The Balaban J connectivity index is 1.72. The quantitative estimate of drug-likeness (QED) is 0.241. The van der Waals surface area contributed by atoms with Gasteiger partial charge in [-0.2, -0.15) is 0 Å². The first-order chi connectivity index (χ1) is 18.4. The molecule has 3 rings (SSSR count). The number of nitrogens with one attached hydrogen (secondary N) is 2. The first kappa shape index (κ1) is 30.1. The third-order valence-corrected chi connectivity index (χ3v) is 7.47. The average Bonchev–Trinajstić information content (AvgIpc) is 3.42. The number of methoxy groups -OCH3 is 1. The van der Waals surface area contributed by atoms with Crippen LogP contribution in [0, 0.1) is 0 Å². The van der Waals surface area contributed by atoms with Crippen molar-refractivity contribution in [1.82, 2.24) is 10.6 Å². The van der Waals surface area contributed by atoms with E-state index >= 15 is 0 Å². The molecule has 8 nitrogen and oxygen atoms in total. The lowest BCUT2D eigenvalue weighted by atomic mass is 9.80. The van der Waals surface area contributed by atoms with Crippen LogP contribution >= 0.6 is 34.5 Å². The minimum atomic E-state index is -0.863. The van der Waals surface area contributed by atoms with Crippen molar-refractivity contribution in [3.8, 4) is 0 Å². The Hall–Kier alpha value is -2.40. The average molecular weight is 584 g/mol. The molecule has 11 heteroatoms. The molecule has 1 unspecified atom stereocenters. The lowest BCUT2D eigenvalue weighted by molar-refractivity contribution is -0.139. The number of allylic oxidation sites excluding steroid dienone is 1. The number of halogens is 2. The number of rotatable bonds is 14. The lowest BCUT2D eigenvalue weighted by Gasteiger charge is -2.31. The number of carbonyl (C=O) groups is 2. The molecule has 0 bridgehead atoms. The molecule has 206 valence electrons. The van der Waals surface area contributed by atoms with E-state index in [1.54, 1.807) is 43.4 Å². The molecule has 0 fully saturated rings. The maximum absolute atomic E-state index is 13.2. The van der Waals surface area contributed by atoms with Crippen LogP contribution in [-0.4, -0.2) is 58.6 Å². The molecule has 2 heterocycles. The van der Waals surface area contributed by atoms with Crippen LogP contribution < -0.4 is 10.6 Å². The molecule has 0 saturated heterocycles. The van der Waals surface area contributed by atoms with Gasteiger partial charge in [-0.3, -0.25) is 0 Å². The van der Waals surface area contributed by atoms with Crippen LogP contribution in [0.5, 0.6) is 0 Å². The van der Waals surface area contributed by atoms with Crippen molar-refractivity contribution in [2.75, 3.05) is 46.7 Å².